The Kier molecular flexibility index (Phi) is 6.72. The molecule has 1 aliphatic carbocycles. The highest BCUT2D eigenvalue weighted by Crippen LogP contribution is 2.35. The molecule has 1 fully saturated rings. The van der Waals surface area contributed by atoms with Crippen LogP contribution in [0.15, 0.2) is 60.7 Å². The SMILES string of the molecule is Nc1cc(C(CCNC2CCC(c3ccccc3)CC2)c2cccc(C(=O)O)c2)c2n[nH]nc2n1. The van der Waals surface area contributed by atoms with Crippen molar-refractivity contribution in [2.75, 3.05) is 12.3 Å². The van der Waals surface area contributed by atoms with Gasteiger partial charge in [-0.25, -0.2) is 9.78 Å². The molecule has 4 aromatic rings. The second kappa shape index (κ2) is 10.2. The predicted octanol–water partition coefficient (Wildman–Crippen LogP) is 4.47. The molecule has 1 saturated carbocycles. The van der Waals surface area contributed by atoms with Gasteiger partial charge in [-0.05, 0) is 79.5 Å². The average Bonchev–Trinajstić information content (AvgIpc) is 3.36. The predicted molar refractivity (Wildman–Crippen MR) is 135 cm³/mol. The van der Waals surface area contributed by atoms with Crippen molar-refractivity contribution in [3.05, 3.63) is 82.9 Å². The number of hydrogen-bond acceptors (Lipinski definition) is 6. The van der Waals surface area contributed by atoms with Crippen LogP contribution in [0.25, 0.3) is 11.2 Å². The van der Waals surface area contributed by atoms with Crippen LogP contribution in [-0.4, -0.2) is 44.1 Å². The minimum atomic E-state index is -0.945. The Bertz CT molecular complexity index is 1300. The van der Waals surface area contributed by atoms with E-state index < -0.39 is 5.97 Å². The molecular formula is C27H30N6O2. The molecule has 0 spiro atoms. The zero-order valence-corrected chi connectivity index (χ0v) is 19.5. The Morgan fingerprint density at radius 1 is 1.06 bits per heavy atom. The van der Waals surface area contributed by atoms with E-state index in [1.165, 1.54) is 18.4 Å². The number of pyridine rings is 1. The molecule has 1 atom stereocenters. The van der Waals surface area contributed by atoms with Gasteiger partial charge in [0.05, 0.1) is 5.56 Å². The Morgan fingerprint density at radius 3 is 2.63 bits per heavy atom. The van der Waals surface area contributed by atoms with Crippen LogP contribution in [0.5, 0.6) is 0 Å². The first-order chi connectivity index (χ1) is 17.1. The van der Waals surface area contributed by atoms with E-state index in [0.717, 1.165) is 36.9 Å². The largest absolute Gasteiger partial charge is 0.478 e. The summed E-state index contributed by atoms with van der Waals surface area (Å²) in [6.07, 6.45) is 5.44. The number of carbonyl (C=O) groups is 1. The first-order valence-electron chi connectivity index (χ1n) is 12.2. The number of nitrogens with two attached hydrogens (primary N) is 1. The summed E-state index contributed by atoms with van der Waals surface area (Å²) in [7, 11) is 0. The van der Waals surface area contributed by atoms with Crippen molar-refractivity contribution in [1.29, 1.82) is 0 Å². The maximum absolute atomic E-state index is 11.6. The maximum Gasteiger partial charge on any atom is 0.335 e. The second-order valence-electron chi connectivity index (χ2n) is 9.32. The molecule has 1 aliphatic rings. The number of rotatable bonds is 8. The summed E-state index contributed by atoms with van der Waals surface area (Å²) < 4.78 is 0. The molecule has 0 bridgehead atoms. The van der Waals surface area contributed by atoms with E-state index in [1.54, 1.807) is 18.2 Å². The van der Waals surface area contributed by atoms with Crippen molar-refractivity contribution in [3.8, 4) is 0 Å². The molecule has 2 heterocycles. The summed E-state index contributed by atoms with van der Waals surface area (Å²) in [6.45, 7) is 0.796. The highest BCUT2D eigenvalue weighted by Gasteiger charge is 2.24. The van der Waals surface area contributed by atoms with E-state index in [4.69, 9.17) is 5.73 Å². The average molecular weight is 471 g/mol. The molecule has 35 heavy (non-hydrogen) atoms. The summed E-state index contributed by atoms with van der Waals surface area (Å²) in [5, 5.41) is 24.3. The third-order valence-corrected chi connectivity index (χ3v) is 7.12. The number of nitrogens with zero attached hydrogens (tertiary/aromatic N) is 3. The molecule has 2 aromatic heterocycles. The minimum absolute atomic E-state index is 0.0969. The van der Waals surface area contributed by atoms with Gasteiger partial charge in [-0.1, -0.05) is 42.5 Å². The molecule has 180 valence electrons. The Morgan fingerprint density at radius 2 is 1.86 bits per heavy atom. The fraction of sp³-hybridized carbons (Fsp3) is 0.333. The fourth-order valence-electron chi connectivity index (χ4n) is 5.32. The highest BCUT2D eigenvalue weighted by atomic mass is 16.4. The molecule has 8 nitrogen and oxygen atoms in total. The maximum atomic E-state index is 11.6. The van der Waals surface area contributed by atoms with Gasteiger partial charge >= 0.3 is 5.97 Å². The molecule has 0 amide bonds. The molecule has 0 saturated heterocycles. The van der Waals surface area contributed by atoms with Crippen molar-refractivity contribution < 1.29 is 9.90 Å². The van der Waals surface area contributed by atoms with Crippen LogP contribution in [0.3, 0.4) is 0 Å². The molecule has 8 heteroatoms. The summed E-state index contributed by atoms with van der Waals surface area (Å²) in [4.78, 5) is 15.9. The lowest BCUT2D eigenvalue weighted by Gasteiger charge is -2.30. The molecule has 0 aliphatic heterocycles. The number of fused-ring (bicyclic) bond motifs is 1. The third-order valence-electron chi connectivity index (χ3n) is 7.12. The normalized spacial score (nSPS) is 19.0. The molecular weight excluding hydrogens is 440 g/mol. The number of anilines is 1. The number of H-pyrrole nitrogens is 1. The van der Waals surface area contributed by atoms with Gasteiger partial charge < -0.3 is 16.2 Å². The number of nitrogen functional groups attached to an aromatic ring is 1. The summed E-state index contributed by atoms with van der Waals surface area (Å²) in [6, 6.07) is 20.2. The van der Waals surface area contributed by atoms with Gasteiger partial charge in [0.15, 0.2) is 0 Å². The standard InChI is InChI=1S/C27H30N6O2/c28-24-16-23(25-26(30-24)32-33-31-25)22(19-7-4-8-20(15-19)27(34)35)13-14-29-21-11-9-18(10-12-21)17-5-2-1-3-6-17/h1-8,15-16,18,21-22,29H,9-14H2,(H,34,35)(H3,28,30,31,32,33). The monoisotopic (exact) mass is 470 g/mol. The van der Waals surface area contributed by atoms with Crippen molar-refractivity contribution in [3.63, 3.8) is 0 Å². The number of carboxylic acid groups (broad SMARTS) is 1. The van der Waals surface area contributed by atoms with Crippen LogP contribution in [0.1, 0.15) is 71.0 Å². The molecule has 5 rings (SSSR count). The topological polar surface area (TPSA) is 130 Å². The van der Waals surface area contributed by atoms with Crippen molar-refractivity contribution in [2.24, 2.45) is 0 Å². The van der Waals surface area contributed by atoms with E-state index in [9.17, 15) is 9.90 Å². The van der Waals surface area contributed by atoms with Gasteiger partial charge in [0.2, 0.25) is 5.65 Å². The van der Waals surface area contributed by atoms with Gasteiger partial charge in [-0.15, -0.1) is 5.10 Å². The number of carboxylic acids is 1. The third kappa shape index (κ3) is 5.17. The Balaban J connectivity index is 1.31. The number of aromatic amines is 1. The Labute approximate surface area is 204 Å². The van der Waals surface area contributed by atoms with Crippen LogP contribution in [0.4, 0.5) is 5.82 Å². The number of aromatic carboxylic acids is 1. The number of nitrogens with one attached hydrogen (secondary N) is 2. The van der Waals surface area contributed by atoms with E-state index >= 15 is 0 Å². The summed E-state index contributed by atoms with van der Waals surface area (Å²) in [5.74, 6) is -0.0333. The van der Waals surface area contributed by atoms with Crippen molar-refractivity contribution >= 4 is 23.0 Å². The van der Waals surface area contributed by atoms with Crippen LogP contribution >= 0.6 is 0 Å². The molecule has 2 aromatic carbocycles. The summed E-state index contributed by atoms with van der Waals surface area (Å²) >= 11 is 0. The molecule has 0 radical (unpaired) electrons. The van der Waals surface area contributed by atoms with E-state index in [-0.39, 0.29) is 11.5 Å². The van der Waals surface area contributed by atoms with Gasteiger partial charge in [0.25, 0.3) is 0 Å². The van der Waals surface area contributed by atoms with Gasteiger partial charge in [-0.2, -0.15) is 10.3 Å². The van der Waals surface area contributed by atoms with Crippen LogP contribution in [0.2, 0.25) is 0 Å². The first kappa shape index (κ1) is 23.0. The fourth-order valence-corrected chi connectivity index (χ4v) is 5.32. The van der Waals surface area contributed by atoms with Crippen LogP contribution in [0, 0.1) is 0 Å². The van der Waals surface area contributed by atoms with E-state index in [2.05, 4.69) is 56.0 Å². The number of aromatic nitrogens is 4. The zero-order chi connectivity index (χ0) is 24.2. The summed E-state index contributed by atoms with van der Waals surface area (Å²) in [5.41, 5.74) is 10.7. The van der Waals surface area contributed by atoms with Crippen LogP contribution < -0.4 is 11.1 Å². The number of benzene rings is 2. The lowest BCUT2D eigenvalue weighted by molar-refractivity contribution is 0.0696. The van der Waals surface area contributed by atoms with Crippen molar-refractivity contribution in [1.82, 2.24) is 25.7 Å². The zero-order valence-electron chi connectivity index (χ0n) is 19.5. The molecule has 5 N–H and O–H groups in total. The van der Waals surface area contributed by atoms with Gasteiger partial charge in [0.1, 0.15) is 11.3 Å². The first-order valence-corrected chi connectivity index (χ1v) is 12.2. The van der Waals surface area contributed by atoms with Gasteiger partial charge in [0, 0.05) is 12.0 Å². The highest BCUT2D eigenvalue weighted by molar-refractivity contribution is 5.88. The smallest absolute Gasteiger partial charge is 0.335 e. The van der Waals surface area contributed by atoms with Crippen LogP contribution in [-0.2, 0) is 0 Å². The minimum Gasteiger partial charge on any atom is -0.478 e. The van der Waals surface area contributed by atoms with Gasteiger partial charge in [-0.3, -0.25) is 0 Å². The van der Waals surface area contributed by atoms with E-state index in [1.807, 2.05) is 12.1 Å². The quantitative estimate of drug-likeness (QED) is 0.299. The molecule has 1 unspecified atom stereocenters. The Hall–Kier alpha value is -3.78. The number of hydrogen-bond donors (Lipinski definition) is 4. The lowest BCUT2D eigenvalue weighted by Crippen LogP contribution is -2.34. The lowest BCUT2D eigenvalue weighted by atomic mass is 9.81. The van der Waals surface area contributed by atoms with E-state index in [0.29, 0.717) is 28.9 Å². The van der Waals surface area contributed by atoms with Crippen molar-refractivity contribution in [2.45, 2.75) is 50.0 Å². The second-order valence-corrected chi connectivity index (χ2v) is 9.32.